The molecule has 1 amide bonds. The Balaban J connectivity index is 1.45. The molecule has 3 heterocycles. The Morgan fingerprint density at radius 3 is 2.49 bits per heavy atom. The largest absolute Gasteiger partial charge is 0.469 e. The first kappa shape index (κ1) is 25.3. The number of carbonyl (C=O) groups is 2. The monoisotopic (exact) mass is 516 g/mol. The maximum absolute atomic E-state index is 13.0. The summed E-state index contributed by atoms with van der Waals surface area (Å²) in [6.07, 6.45) is 1.60. The van der Waals surface area contributed by atoms with Crippen LogP contribution in [0.3, 0.4) is 0 Å². The molecule has 186 valence electrons. The Labute approximate surface area is 209 Å². The van der Waals surface area contributed by atoms with Crippen LogP contribution in [0.15, 0.2) is 29.2 Å². The summed E-state index contributed by atoms with van der Waals surface area (Å²) >= 11 is 1.43. The third-order valence-electron chi connectivity index (χ3n) is 6.66. The topological polar surface area (TPSA) is 120 Å². The number of esters is 1. The Kier molecular flexibility index (Phi) is 7.56. The number of hydrogen-bond donors (Lipinski definition) is 1. The highest BCUT2D eigenvalue weighted by molar-refractivity contribution is 7.89. The van der Waals surface area contributed by atoms with E-state index in [1.165, 1.54) is 47.0 Å². The van der Waals surface area contributed by atoms with Crippen molar-refractivity contribution in [3.05, 3.63) is 45.8 Å². The van der Waals surface area contributed by atoms with Gasteiger partial charge < -0.3 is 10.1 Å². The quantitative estimate of drug-likeness (QED) is 0.586. The number of nitriles is 1. The van der Waals surface area contributed by atoms with Gasteiger partial charge in [0.2, 0.25) is 10.0 Å². The zero-order chi connectivity index (χ0) is 25.2. The predicted molar refractivity (Wildman–Crippen MR) is 132 cm³/mol. The molecule has 35 heavy (non-hydrogen) atoms. The number of methoxy groups -OCH3 is 1. The van der Waals surface area contributed by atoms with Gasteiger partial charge in [0.25, 0.3) is 5.91 Å². The number of nitrogens with one attached hydrogen (secondary N) is 1. The molecule has 0 bridgehead atoms. The van der Waals surface area contributed by atoms with Crippen LogP contribution in [0.2, 0.25) is 0 Å². The van der Waals surface area contributed by atoms with E-state index in [1.54, 1.807) is 0 Å². The molecule has 11 heteroatoms. The fourth-order valence-electron chi connectivity index (χ4n) is 4.53. The predicted octanol–water partition coefficient (Wildman–Crippen LogP) is 2.82. The van der Waals surface area contributed by atoms with E-state index >= 15 is 0 Å². The maximum Gasteiger partial charge on any atom is 0.308 e. The lowest BCUT2D eigenvalue weighted by Crippen LogP contribution is -2.40. The van der Waals surface area contributed by atoms with E-state index in [2.05, 4.69) is 23.2 Å². The molecule has 0 unspecified atom stereocenters. The maximum atomic E-state index is 13.0. The zero-order valence-electron chi connectivity index (χ0n) is 19.7. The third-order valence-corrected chi connectivity index (χ3v) is 9.71. The van der Waals surface area contributed by atoms with Crippen LogP contribution >= 0.6 is 11.3 Å². The molecule has 0 aliphatic carbocycles. The van der Waals surface area contributed by atoms with E-state index in [4.69, 9.17) is 4.74 Å². The second-order valence-corrected chi connectivity index (χ2v) is 11.7. The van der Waals surface area contributed by atoms with Gasteiger partial charge in [0.15, 0.2) is 0 Å². The van der Waals surface area contributed by atoms with Gasteiger partial charge in [-0.1, -0.05) is 6.92 Å². The summed E-state index contributed by atoms with van der Waals surface area (Å²) < 4.78 is 32.2. The molecule has 4 rings (SSSR count). The number of benzene rings is 1. The number of amides is 1. The molecule has 2 aliphatic rings. The first-order chi connectivity index (χ1) is 16.8. The lowest BCUT2D eigenvalue weighted by Gasteiger charge is -2.29. The summed E-state index contributed by atoms with van der Waals surface area (Å²) in [4.78, 5) is 28.1. The number of hydrogen-bond acceptors (Lipinski definition) is 8. The molecule has 9 nitrogen and oxygen atoms in total. The van der Waals surface area contributed by atoms with Crippen LogP contribution in [0, 0.1) is 17.2 Å². The molecule has 0 atom stereocenters. The fourth-order valence-corrected chi connectivity index (χ4v) is 7.24. The summed E-state index contributed by atoms with van der Waals surface area (Å²) in [7, 11) is -2.41. The van der Waals surface area contributed by atoms with Gasteiger partial charge in [-0.2, -0.15) is 9.57 Å². The van der Waals surface area contributed by atoms with Gasteiger partial charge in [-0.3, -0.25) is 14.5 Å². The van der Waals surface area contributed by atoms with E-state index in [0.717, 1.165) is 36.5 Å². The number of nitrogens with zero attached hydrogens (tertiary/aromatic N) is 3. The molecule has 1 aromatic heterocycles. The highest BCUT2D eigenvalue weighted by Crippen LogP contribution is 2.37. The van der Waals surface area contributed by atoms with Crippen LogP contribution in [-0.4, -0.2) is 62.8 Å². The summed E-state index contributed by atoms with van der Waals surface area (Å²) in [6, 6.07) is 8.02. The highest BCUT2D eigenvalue weighted by atomic mass is 32.2. The molecule has 2 aromatic rings. The number of carbonyl (C=O) groups excluding carboxylic acids is 2. The number of anilines is 1. The molecule has 0 radical (unpaired) electrons. The molecule has 0 spiro atoms. The van der Waals surface area contributed by atoms with Crippen molar-refractivity contribution in [2.24, 2.45) is 5.92 Å². The average molecular weight is 517 g/mol. The standard InChI is InChI=1S/C24H28N4O5S2/c1-3-27-11-10-19-20(14-25)23(34-21(19)15-27)26-22(29)16-4-6-18(7-5-16)35(31,32)28-12-8-17(9-13-28)24(30)33-2/h4-7,17H,3,8-13,15H2,1-2H3,(H,26,29). The number of piperidine rings is 1. The molecular weight excluding hydrogens is 488 g/mol. The fraction of sp³-hybridized carbons (Fsp3) is 0.458. The molecule has 1 aromatic carbocycles. The molecule has 1 N–H and O–H groups in total. The van der Waals surface area contributed by atoms with Gasteiger partial charge in [0.1, 0.15) is 11.1 Å². The molecular formula is C24H28N4O5S2. The van der Waals surface area contributed by atoms with E-state index in [0.29, 0.717) is 29.0 Å². The van der Waals surface area contributed by atoms with Gasteiger partial charge in [0, 0.05) is 36.6 Å². The van der Waals surface area contributed by atoms with E-state index < -0.39 is 15.9 Å². The van der Waals surface area contributed by atoms with Crippen LogP contribution in [0.1, 0.15) is 46.1 Å². The summed E-state index contributed by atoms with van der Waals surface area (Å²) in [5, 5.41) is 13.1. The van der Waals surface area contributed by atoms with E-state index in [9.17, 15) is 23.3 Å². The Morgan fingerprint density at radius 2 is 1.89 bits per heavy atom. The SMILES string of the molecule is CCN1CCc2c(sc(NC(=O)c3ccc(S(=O)(=O)N4CCC(C(=O)OC)CC4)cc3)c2C#N)C1. The molecule has 0 saturated carbocycles. The van der Waals surface area contributed by atoms with Crippen LogP contribution in [0.4, 0.5) is 5.00 Å². The van der Waals surface area contributed by atoms with Gasteiger partial charge in [0.05, 0.1) is 23.5 Å². The lowest BCUT2D eigenvalue weighted by molar-refractivity contribution is -0.146. The van der Waals surface area contributed by atoms with Gasteiger partial charge in [-0.05, 0) is 55.6 Å². The number of sulfonamides is 1. The average Bonchev–Trinajstić information content (AvgIpc) is 3.24. The summed E-state index contributed by atoms with van der Waals surface area (Å²) in [6.45, 7) is 5.16. The first-order valence-electron chi connectivity index (χ1n) is 11.5. The van der Waals surface area contributed by atoms with Crippen molar-refractivity contribution in [2.45, 2.75) is 37.6 Å². The van der Waals surface area contributed by atoms with Crippen LogP contribution < -0.4 is 5.32 Å². The number of ether oxygens (including phenoxy) is 1. The van der Waals surface area contributed by atoms with Crippen molar-refractivity contribution in [1.29, 1.82) is 5.26 Å². The Bertz CT molecular complexity index is 1260. The second-order valence-electron chi connectivity index (χ2n) is 8.62. The van der Waals surface area contributed by atoms with Crippen molar-refractivity contribution in [3.63, 3.8) is 0 Å². The van der Waals surface area contributed by atoms with Crippen molar-refractivity contribution < 1.29 is 22.7 Å². The van der Waals surface area contributed by atoms with Gasteiger partial charge >= 0.3 is 5.97 Å². The first-order valence-corrected chi connectivity index (χ1v) is 13.8. The minimum Gasteiger partial charge on any atom is -0.469 e. The lowest BCUT2D eigenvalue weighted by atomic mass is 9.99. The normalized spacial score (nSPS) is 17.4. The zero-order valence-corrected chi connectivity index (χ0v) is 21.4. The number of rotatable bonds is 6. The Hall–Kier alpha value is -2.78. The number of thiophene rings is 1. The minimum absolute atomic E-state index is 0.0922. The van der Waals surface area contributed by atoms with Gasteiger partial charge in [-0.15, -0.1) is 11.3 Å². The number of fused-ring (bicyclic) bond motifs is 1. The highest BCUT2D eigenvalue weighted by Gasteiger charge is 2.32. The van der Waals surface area contributed by atoms with Crippen LogP contribution in [-0.2, 0) is 32.5 Å². The van der Waals surface area contributed by atoms with E-state index in [-0.39, 0.29) is 29.9 Å². The van der Waals surface area contributed by atoms with E-state index in [1.807, 2.05) is 0 Å². The Morgan fingerprint density at radius 1 is 1.20 bits per heavy atom. The summed E-state index contributed by atoms with van der Waals surface area (Å²) in [5.74, 6) is -0.995. The number of likely N-dealkylation sites (N-methyl/N-ethyl adjacent to an activating group) is 1. The molecule has 2 aliphatic heterocycles. The molecule has 1 fully saturated rings. The van der Waals surface area contributed by atoms with Gasteiger partial charge in [-0.25, -0.2) is 8.42 Å². The third kappa shape index (κ3) is 5.11. The van der Waals surface area contributed by atoms with Crippen molar-refractivity contribution in [2.75, 3.05) is 38.6 Å². The smallest absolute Gasteiger partial charge is 0.308 e. The summed E-state index contributed by atoms with van der Waals surface area (Å²) in [5.41, 5.74) is 1.83. The van der Waals surface area contributed by atoms with Crippen molar-refractivity contribution in [3.8, 4) is 6.07 Å². The minimum atomic E-state index is -3.74. The van der Waals surface area contributed by atoms with Crippen LogP contribution in [0.25, 0.3) is 0 Å². The van der Waals surface area contributed by atoms with Crippen molar-refractivity contribution >= 4 is 38.2 Å². The van der Waals surface area contributed by atoms with Crippen LogP contribution in [0.5, 0.6) is 0 Å². The molecule has 1 saturated heterocycles. The van der Waals surface area contributed by atoms with Crippen molar-refractivity contribution in [1.82, 2.24) is 9.21 Å². The second kappa shape index (κ2) is 10.5.